The quantitative estimate of drug-likeness (QED) is 0.796. The van der Waals surface area contributed by atoms with Crippen molar-refractivity contribution in [2.24, 2.45) is 0 Å². The van der Waals surface area contributed by atoms with Crippen LogP contribution < -0.4 is 5.32 Å². The molecule has 118 valence electrons. The molecule has 0 saturated carbocycles. The van der Waals surface area contributed by atoms with E-state index < -0.39 is 0 Å². The number of benzene rings is 1. The molecular weight excluding hydrogens is 260 g/mol. The SMILES string of the molecule is CCCNC(CN1CCC(OC)C1)c1ccc(CC)cc1. The van der Waals surface area contributed by atoms with Gasteiger partial charge in [-0.3, -0.25) is 4.90 Å². The van der Waals surface area contributed by atoms with E-state index in [1.165, 1.54) is 17.5 Å². The summed E-state index contributed by atoms with van der Waals surface area (Å²) in [5.41, 5.74) is 2.81. The molecule has 1 aromatic rings. The Morgan fingerprint density at radius 3 is 2.62 bits per heavy atom. The molecule has 1 saturated heterocycles. The van der Waals surface area contributed by atoms with Crippen molar-refractivity contribution in [1.82, 2.24) is 10.2 Å². The highest BCUT2D eigenvalue weighted by Gasteiger charge is 2.24. The third-order valence-corrected chi connectivity index (χ3v) is 4.43. The average molecular weight is 290 g/mol. The summed E-state index contributed by atoms with van der Waals surface area (Å²) in [6.45, 7) is 8.79. The molecule has 21 heavy (non-hydrogen) atoms. The van der Waals surface area contributed by atoms with Gasteiger partial charge in [-0.25, -0.2) is 0 Å². The number of likely N-dealkylation sites (tertiary alicyclic amines) is 1. The minimum Gasteiger partial charge on any atom is -0.380 e. The fourth-order valence-corrected chi connectivity index (χ4v) is 3.01. The first kappa shape index (κ1) is 16.5. The van der Waals surface area contributed by atoms with E-state index in [0.717, 1.165) is 39.0 Å². The van der Waals surface area contributed by atoms with Gasteiger partial charge >= 0.3 is 0 Å². The largest absolute Gasteiger partial charge is 0.380 e. The Kier molecular flexibility index (Phi) is 6.68. The Bertz CT molecular complexity index is 404. The smallest absolute Gasteiger partial charge is 0.0710 e. The molecule has 1 aliphatic heterocycles. The summed E-state index contributed by atoms with van der Waals surface area (Å²) in [5, 5.41) is 3.70. The maximum atomic E-state index is 5.48. The number of methoxy groups -OCH3 is 1. The molecular formula is C18H30N2O. The Balaban J connectivity index is 1.99. The fraction of sp³-hybridized carbons (Fsp3) is 0.667. The first-order chi connectivity index (χ1) is 10.3. The van der Waals surface area contributed by atoms with E-state index in [-0.39, 0.29) is 0 Å². The summed E-state index contributed by atoms with van der Waals surface area (Å²) in [5.74, 6) is 0. The average Bonchev–Trinajstić information content (AvgIpc) is 2.99. The minimum atomic E-state index is 0.416. The molecule has 0 radical (unpaired) electrons. The van der Waals surface area contributed by atoms with E-state index in [0.29, 0.717) is 12.1 Å². The van der Waals surface area contributed by atoms with Gasteiger partial charge in [0.15, 0.2) is 0 Å². The van der Waals surface area contributed by atoms with Gasteiger partial charge < -0.3 is 10.1 Å². The molecule has 0 aromatic heterocycles. The summed E-state index contributed by atoms with van der Waals surface area (Å²) in [6.07, 6.45) is 3.85. The van der Waals surface area contributed by atoms with Crippen LogP contribution in [-0.4, -0.2) is 44.3 Å². The van der Waals surface area contributed by atoms with Crippen LogP contribution in [0.3, 0.4) is 0 Å². The van der Waals surface area contributed by atoms with E-state index in [1.807, 2.05) is 7.11 Å². The summed E-state index contributed by atoms with van der Waals surface area (Å²) < 4.78 is 5.48. The molecule has 2 rings (SSSR count). The Labute approximate surface area is 129 Å². The summed E-state index contributed by atoms with van der Waals surface area (Å²) in [7, 11) is 1.82. The van der Waals surface area contributed by atoms with Gasteiger partial charge in [0, 0.05) is 32.8 Å². The van der Waals surface area contributed by atoms with Gasteiger partial charge in [0.2, 0.25) is 0 Å². The van der Waals surface area contributed by atoms with E-state index >= 15 is 0 Å². The molecule has 2 atom stereocenters. The highest BCUT2D eigenvalue weighted by molar-refractivity contribution is 5.25. The molecule has 3 heteroatoms. The third-order valence-electron chi connectivity index (χ3n) is 4.43. The molecule has 1 N–H and O–H groups in total. The van der Waals surface area contributed by atoms with Crippen LogP contribution in [0.5, 0.6) is 0 Å². The summed E-state index contributed by atoms with van der Waals surface area (Å²) in [4.78, 5) is 2.52. The Morgan fingerprint density at radius 1 is 1.29 bits per heavy atom. The third kappa shape index (κ3) is 4.80. The lowest BCUT2D eigenvalue weighted by Crippen LogP contribution is -2.35. The topological polar surface area (TPSA) is 24.5 Å². The fourth-order valence-electron chi connectivity index (χ4n) is 3.01. The van der Waals surface area contributed by atoms with E-state index in [9.17, 15) is 0 Å². The van der Waals surface area contributed by atoms with Crippen LogP contribution >= 0.6 is 0 Å². The lowest BCUT2D eigenvalue weighted by molar-refractivity contribution is 0.106. The first-order valence-electron chi connectivity index (χ1n) is 8.34. The van der Waals surface area contributed by atoms with Gasteiger partial charge in [-0.1, -0.05) is 38.1 Å². The second-order valence-electron chi connectivity index (χ2n) is 6.01. The zero-order valence-electron chi connectivity index (χ0n) is 13.8. The molecule has 1 heterocycles. The molecule has 0 aliphatic carbocycles. The van der Waals surface area contributed by atoms with Gasteiger partial charge in [-0.15, -0.1) is 0 Å². The van der Waals surface area contributed by atoms with E-state index in [2.05, 4.69) is 48.3 Å². The van der Waals surface area contributed by atoms with Crippen LogP contribution in [0.1, 0.15) is 43.9 Å². The predicted molar refractivity (Wildman–Crippen MR) is 88.7 cm³/mol. The number of nitrogens with one attached hydrogen (secondary N) is 1. The standard InChI is InChI=1S/C18H30N2O/c1-4-11-19-18(14-20-12-10-17(13-20)21-3)16-8-6-15(5-2)7-9-16/h6-9,17-19H,4-5,10-14H2,1-3H3. The molecule has 1 aliphatic rings. The molecule has 3 nitrogen and oxygen atoms in total. The Hall–Kier alpha value is -0.900. The van der Waals surface area contributed by atoms with Crippen LogP contribution in [-0.2, 0) is 11.2 Å². The van der Waals surface area contributed by atoms with Crippen LogP contribution in [0.2, 0.25) is 0 Å². The number of hydrogen-bond donors (Lipinski definition) is 1. The van der Waals surface area contributed by atoms with Crippen molar-refractivity contribution in [2.75, 3.05) is 33.3 Å². The Morgan fingerprint density at radius 2 is 2.05 bits per heavy atom. The van der Waals surface area contributed by atoms with Crippen molar-refractivity contribution < 1.29 is 4.74 Å². The summed E-state index contributed by atoms with van der Waals surface area (Å²) in [6, 6.07) is 9.52. The monoisotopic (exact) mass is 290 g/mol. The van der Waals surface area contributed by atoms with Gasteiger partial charge in [0.25, 0.3) is 0 Å². The van der Waals surface area contributed by atoms with Gasteiger partial charge in [0.05, 0.1) is 6.10 Å². The maximum absolute atomic E-state index is 5.48. The highest BCUT2D eigenvalue weighted by Crippen LogP contribution is 2.20. The molecule has 0 amide bonds. The van der Waals surface area contributed by atoms with Crippen molar-refractivity contribution in [2.45, 2.75) is 45.3 Å². The molecule has 0 spiro atoms. The van der Waals surface area contributed by atoms with Crippen molar-refractivity contribution >= 4 is 0 Å². The number of hydrogen-bond acceptors (Lipinski definition) is 3. The molecule has 1 fully saturated rings. The number of aryl methyl sites for hydroxylation is 1. The maximum Gasteiger partial charge on any atom is 0.0710 e. The van der Waals surface area contributed by atoms with Gasteiger partial charge in [0.1, 0.15) is 0 Å². The number of rotatable bonds is 8. The lowest BCUT2D eigenvalue weighted by atomic mass is 10.0. The zero-order chi connectivity index (χ0) is 15.1. The highest BCUT2D eigenvalue weighted by atomic mass is 16.5. The predicted octanol–water partition coefficient (Wildman–Crippen LogP) is 3.01. The van der Waals surface area contributed by atoms with Crippen molar-refractivity contribution in [3.05, 3.63) is 35.4 Å². The van der Waals surface area contributed by atoms with E-state index in [1.54, 1.807) is 0 Å². The van der Waals surface area contributed by atoms with Gasteiger partial charge in [-0.2, -0.15) is 0 Å². The second kappa shape index (κ2) is 8.52. The molecule has 0 bridgehead atoms. The van der Waals surface area contributed by atoms with Crippen molar-refractivity contribution in [3.8, 4) is 0 Å². The summed E-state index contributed by atoms with van der Waals surface area (Å²) >= 11 is 0. The first-order valence-corrected chi connectivity index (χ1v) is 8.34. The van der Waals surface area contributed by atoms with Crippen LogP contribution in [0, 0.1) is 0 Å². The van der Waals surface area contributed by atoms with Gasteiger partial charge in [-0.05, 0) is 36.9 Å². The normalized spacial score (nSPS) is 20.8. The number of nitrogens with zero attached hydrogens (tertiary/aromatic N) is 1. The molecule has 1 aromatic carbocycles. The van der Waals surface area contributed by atoms with Crippen LogP contribution in [0.25, 0.3) is 0 Å². The van der Waals surface area contributed by atoms with Crippen molar-refractivity contribution in [3.63, 3.8) is 0 Å². The second-order valence-corrected chi connectivity index (χ2v) is 6.01. The minimum absolute atomic E-state index is 0.416. The number of ether oxygens (including phenoxy) is 1. The van der Waals surface area contributed by atoms with E-state index in [4.69, 9.17) is 4.74 Å². The molecule has 2 unspecified atom stereocenters. The lowest BCUT2D eigenvalue weighted by Gasteiger charge is -2.25. The van der Waals surface area contributed by atoms with Crippen LogP contribution in [0.15, 0.2) is 24.3 Å². The zero-order valence-corrected chi connectivity index (χ0v) is 13.8. The van der Waals surface area contributed by atoms with Crippen LogP contribution in [0.4, 0.5) is 0 Å². The van der Waals surface area contributed by atoms with Crippen molar-refractivity contribution in [1.29, 1.82) is 0 Å².